The number of pyridine rings is 1. The summed E-state index contributed by atoms with van der Waals surface area (Å²) in [6, 6.07) is 13.4. The fourth-order valence-electron chi connectivity index (χ4n) is 3.21. The van der Waals surface area contributed by atoms with Gasteiger partial charge < -0.3 is 14.6 Å². The van der Waals surface area contributed by atoms with E-state index in [0.29, 0.717) is 13.1 Å². The first-order valence-electron chi connectivity index (χ1n) is 8.58. The number of hydrogen-bond donors (Lipinski definition) is 1. The van der Waals surface area contributed by atoms with Crippen LogP contribution in [0.5, 0.6) is 0 Å². The molecule has 1 fully saturated rings. The molecule has 1 aromatic carbocycles. The number of carbonyl (C=O) groups is 1. The Bertz CT molecular complexity index is 829. The molecule has 0 bridgehead atoms. The number of rotatable bonds is 3. The Labute approximate surface area is 145 Å². The topological polar surface area (TPSA) is 71.3 Å². The molecular formula is C19H20N4O2. The van der Waals surface area contributed by atoms with Gasteiger partial charge in [0.1, 0.15) is 5.52 Å². The highest BCUT2D eigenvalue weighted by Gasteiger charge is 2.28. The lowest BCUT2D eigenvalue weighted by Crippen LogP contribution is -2.44. The molecule has 6 heteroatoms. The number of urea groups is 1. The molecule has 0 radical (unpaired) electrons. The number of fused-ring (bicyclic) bond motifs is 1. The van der Waals surface area contributed by atoms with E-state index in [0.717, 1.165) is 42.1 Å². The van der Waals surface area contributed by atoms with E-state index in [-0.39, 0.29) is 11.9 Å². The molecule has 0 saturated carbocycles. The molecule has 3 heterocycles. The number of carbonyl (C=O) groups excluding carboxylic acids is 1. The maximum absolute atomic E-state index is 12.5. The Morgan fingerprint density at radius 3 is 2.96 bits per heavy atom. The van der Waals surface area contributed by atoms with Gasteiger partial charge in [0.05, 0.1) is 18.2 Å². The van der Waals surface area contributed by atoms with Gasteiger partial charge in [-0.1, -0.05) is 18.2 Å². The standard InChI is InChI=1S/C19H20N4O2/c24-19(21-12-15-7-3-4-10-20-15)23-11-5-6-14(13-23)18-22-16-8-1-2-9-17(16)25-18/h1-4,7-10,14H,5-6,11-13H2,(H,21,24)/t14-/m0/s1. The number of hydrogen-bond acceptors (Lipinski definition) is 4. The SMILES string of the molecule is O=C(NCc1ccccn1)N1CCC[C@H](c2nc3ccccc3o2)C1. The molecule has 0 spiro atoms. The zero-order valence-corrected chi connectivity index (χ0v) is 13.9. The summed E-state index contributed by atoms with van der Waals surface area (Å²) in [6.45, 7) is 1.81. The van der Waals surface area contributed by atoms with Crippen molar-refractivity contribution in [1.82, 2.24) is 20.2 Å². The maximum atomic E-state index is 12.5. The third-order valence-electron chi connectivity index (χ3n) is 4.52. The van der Waals surface area contributed by atoms with E-state index in [2.05, 4.69) is 15.3 Å². The van der Waals surface area contributed by atoms with Gasteiger partial charge in [0, 0.05) is 19.3 Å². The first kappa shape index (κ1) is 15.6. The number of amides is 2. The number of likely N-dealkylation sites (tertiary alicyclic amines) is 1. The van der Waals surface area contributed by atoms with Crippen LogP contribution in [0.1, 0.15) is 30.3 Å². The normalized spacial score (nSPS) is 17.6. The number of benzene rings is 1. The Balaban J connectivity index is 1.41. The summed E-state index contributed by atoms with van der Waals surface area (Å²) in [5.41, 5.74) is 2.52. The number of nitrogens with zero attached hydrogens (tertiary/aromatic N) is 3. The fraction of sp³-hybridized carbons (Fsp3) is 0.316. The monoisotopic (exact) mass is 336 g/mol. The molecule has 2 amide bonds. The van der Waals surface area contributed by atoms with Gasteiger partial charge in [-0.15, -0.1) is 0 Å². The van der Waals surface area contributed by atoms with Crippen LogP contribution < -0.4 is 5.32 Å². The summed E-state index contributed by atoms with van der Waals surface area (Å²) in [5.74, 6) is 0.866. The van der Waals surface area contributed by atoms with E-state index in [1.54, 1.807) is 6.20 Å². The second-order valence-corrected chi connectivity index (χ2v) is 6.28. The molecule has 6 nitrogen and oxygen atoms in total. The summed E-state index contributed by atoms with van der Waals surface area (Å²) in [7, 11) is 0. The van der Waals surface area contributed by atoms with Crippen molar-refractivity contribution in [3.63, 3.8) is 0 Å². The number of piperidine rings is 1. The van der Waals surface area contributed by atoms with Crippen LogP contribution in [0.15, 0.2) is 53.1 Å². The molecular weight excluding hydrogens is 316 g/mol. The number of para-hydroxylation sites is 2. The fourth-order valence-corrected chi connectivity index (χ4v) is 3.21. The van der Waals surface area contributed by atoms with E-state index < -0.39 is 0 Å². The molecule has 1 N–H and O–H groups in total. The zero-order valence-electron chi connectivity index (χ0n) is 13.9. The number of oxazole rings is 1. The van der Waals surface area contributed by atoms with Crippen LogP contribution >= 0.6 is 0 Å². The first-order valence-corrected chi connectivity index (χ1v) is 8.58. The number of aromatic nitrogens is 2. The predicted molar refractivity (Wildman–Crippen MR) is 94.0 cm³/mol. The Hall–Kier alpha value is -2.89. The average Bonchev–Trinajstić information content (AvgIpc) is 3.11. The molecule has 128 valence electrons. The van der Waals surface area contributed by atoms with Gasteiger partial charge in [-0.2, -0.15) is 0 Å². The summed E-state index contributed by atoms with van der Waals surface area (Å²) in [5, 5.41) is 2.94. The van der Waals surface area contributed by atoms with Crippen molar-refractivity contribution in [2.24, 2.45) is 0 Å². The first-order chi connectivity index (χ1) is 12.3. The van der Waals surface area contributed by atoms with E-state index >= 15 is 0 Å². The third kappa shape index (κ3) is 3.47. The van der Waals surface area contributed by atoms with Crippen molar-refractivity contribution in [3.05, 3.63) is 60.2 Å². The van der Waals surface area contributed by atoms with E-state index in [9.17, 15) is 4.79 Å². The quantitative estimate of drug-likeness (QED) is 0.796. The van der Waals surface area contributed by atoms with E-state index in [1.807, 2.05) is 47.4 Å². The van der Waals surface area contributed by atoms with Gasteiger partial charge in [0.2, 0.25) is 0 Å². The predicted octanol–water partition coefficient (Wildman–Crippen LogP) is 3.31. The van der Waals surface area contributed by atoms with Crippen LogP contribution in [-0.2, 0) is 6.54 Å². The lowest BCUT2D eigenvalue weighted by Gasteiger charge is -2.31. The summed E-state index contributed by atoms with van der Waals surface area (Å²) < 4.78 is 5.89. The van der Waals surface area contributed by atoms with E-state index in [4.69, 9.17) is 4.42 Å². The summed E-state index contributed by atoms with van der Waals surface area (Å²) in [6.07, 6.45) is 3.66. The van der Waals surface area contributed by atoms with Crippen molar-refractivity contribution in [1.29, 1.82) is 0 Å². The van der Waals surface area contributed by atoms with Gasteiger partial charge in [-0.05, 0) is 37.1 Å². The minimum atomic E-state index is -0.0635. The third-order valence-corrected chi connectivity index (χ3v) is 4.52. The molecule has 4 rings (SSSR count). The Morgan fingerprint density at radius 2 is 2.12 bits per heavy atom. The van der Waals surface area contributed by atoms with Gasteiger partial charge in [0.25, 0.3) is 0 Å². The lowest BCUT2D eigenvalue weighted by molar-refractivity contribution is 0.174. The van der Waals surface area contributed by atoms with Crippen LogP contribution in [0, 0.1) is 0 Å². The average molecular weight is 336 g/mol. The second kappa shape index (κ2) is 6.93. The van der Waals surface area contributed by atoms with Crippen molar-refractivity contribution in [2.45, 2.75) is 25.3 Å². The molecule has 25 heavy (non-hydrogen) atoms. The molecule has 0 aliphatic carbocycles. The minimum Gasteiger partial charge on any atom is -0.440 e. The largest absolute Gasteiger partial charge is 0.440 e. The maximum Gasteiger partial charge on any atom is 0.317 e. The van der Waals surface area contributed by atoms with Crippen LogP contribution in [0.3, 0.4) is 0 Å². The lowest BCUT2D eigenvalue weighted by atomic mass is 9.98. The van der Waals surface area contributed by atoms with Crippen LogP contribution in [0.4, 0.5) is 4.79 Å². The summed E-state index contributed by atoms with van der Waals surface area (Å²) in [4.78, 5) is 23.1. The number of nitrogens with one attached hydrogen (secondary N) is 1. The van der Waals surface area contributed by atoms with Crippen LogP contribution in [0.25, 0.3) is 11.1 Å². The van der Waals surface area contributed by atoms with Crippen molar-refractivity contribution in [3.8, 4) is 0 Å². The highest BCUT2D eigenvalue weighted by molar-refractivity contribution is 5.74. The smallest absolute Gasteiger partial charge is 0.317 e. The van der Waals surface area contributed by atoms with Gasteiger partial charge >= 0.3 is 6.03 Å². The van der Waals surface area contributed by atoms with Crippen molar-refractivity contribution < 1.29 is 9.21 Å². The van der Waals surface area contributed by atoms with Gasteiger partial charge in [0.15, 0.2) is 11.5 Å². The van der Waals surface area contributed by atoms with E-state index in [1.165, 1.54) is 0 Å². The molecule has 3 aromatic rings. The molecule has 2 aromatic heterocycles. The molecule has 0 unspecified atom stereocenters. The van der Waals surface area contributed by atoms with Gasteiger partial charge in [-0.3, -0.25) is 4.98 Å². The zero-order chi connectivity index (χ0) is 17.1. The summed E-state index contributed by atoms with van der Waals surface area (Å²) >= 11 is 0. The van der Waals surface area contributed by atoms with Gasteiger partial charge in [-0.25, -0.2) is 9.78 Å². The Kier molecular flexibility index (Phi) is 4.33. The molecule has 1 atom stereocenters. The minimum absolute atomic E-state index is 0.0635. The Morgan fingerprint density at radius 1 is 1.24 bits per heavy atom. The highest BCUT2D eigenvalue weighted by Crippen LogP contribution is 2.28. The van der Waals surface area contributed by atoms with Crippen LogP contribution in [-0.4, -0.2) is 34.0 Å². The molecule has 1 aliphatic rings. The highest BCUT2D eigenvalue weighted by atomic mass is 16.3. The molecule has 1 saturated heterocycles. The van der Waals surface area contributed by atoms with Crippen LogP contribution in [0.2, 0.25) is 0 Å². The second-order valence-electron chi connectivity index (χ2n) is 6.28. The molecule has 1 aliphatic heterocycles. The van der Waals surface area contributed by atoms with Crippen molar-refractivity contribution >= 4 is 17.1 Å². The van der Waals surface area contributed by atoms with Crippen molar-refractivity contribution in [2.75, 3.05) is 13.1 Å².